The second-order valence-corrected chi connectivity index (χ2v) is 2.74. The first-order valence-electron chi connectivity index (χ1n) is 4.31. The molecule has 0 saturated carbocycles. The molecule has 0 aromatic carbocycles. The molecule has 16 heavy (non-hydrogen) atoms. The molecule has 7 heteroatoms. The molecular formula is C9H8F3NO3. The molecule has 0 aliphatic rings. The van der Waals surface area contributed by atoms with Gasteiger partial charge >= 0.3 is 5.97 Å². The van der Waals surface area contributed by atoms with Crippen molar-refractivity contribution in [2.75, 3.05) is 6.61 Å². The third-order valence-corrected chi connectivity index (χ3v) is 1.72. The van der Waals surface area contributed by atoms with Crippen molar-refractivity contribution in [1.82, 2.24) is 4.98 Å². The maximum Gasteiger partial charge on any atom is 0.345 e. The summed E-state index contributed by atoms with van der Waals surface area (Å²) in [5.74, 6) is -3.60. The summed E-state index contributed by atoms with van der Waals surface area (Å²) < 4.78 is 42.1. The van der Waals surface area contributed by atoms with Gasteiger partial charge in [-0.3, -0.25) is 0 Å². The molecule has 0 unspecified atom stereocenters. The van der Waals surface area contributed by atoms with E-state index in [2.05, 4.69) is 9.72 Å². The summed E-state index contributed by atoms with van der Waals surface area (Å²) in [6.07, 6.45) is -2.67. The Balaban J connectivity index is 3.26. The molecule has 0 fully saturated rings. The molecule has 1 heterocycles. The number of hydrogen-bond acceptors (Lipinski definition) is 4. The van der Waals surface area contributed by atoms with Gasteiger partial charge in [0.15, 0.2) is 11.6 Å². The number of halogens is 3. The van der Waals surface area contributed by atoms with Gasteiger partial charge < -0.3 is 9.84 Å². The lowest BCUT2D eigenvalue weighted by Gasteiger charge is -2.08. The highest BCUT2D eigenvalue weighted by Crippen LogP contribution is 2.30. The molecule has 1 rings (SSSR count). The van der Waals surface area contributed by atoms with E-state index in [1.165, 1.54) is 6.92 Å². The van der Waals surface area contributed by atoms with E-state index >= 15 is 0 Å². The molecule has 1 N–H and O–H groups in total. The van der Waals surface area contributed by atoms with Gasteiger partial charge in [0, 0.05) is 0 Å². The minimum Gasteiger partial charge on any atom is -0.505 e. The predicted octanol–water partition coefficient (Wildman–Crippen LogP) is 2.04. The number of rotatable bonds is 3. The van der Waals surface area contributed by atoms with Gasteiger partial charge in [-0.1, -0.05) is 0 Å². The van der Waals surface area contributed by atoms with E-state index in [4.69, 9.17) is 0 Å². The Morgan fingerprint density at radius 3 is 2.75 bits per heavy atom. The summed E-state index contributed by atoms with van der Waals surface area (Å²) in [6.45, 7) is 1.39. The fourth-order valence-corrected chi connectivity index (χ4v) is 1.05. The zero-order valence-electron chi connectivity index (χ0n) is 8.21. The van der Waals surface area contributed by atoms with Crippen LogP contribution in [-0.2, 0) is 4.74 Å². The highest BCUT2D eigenvalue weighted by Gasteiger charge is 2.25. The van der Waals surface area contributed by atoms with E-state index < -0.39 is 35.2 Å². The Morgan fingerprint density at radius 2 is 2.25 bits per heavy atom. The average Bonchev–Trinajstić information content (AvgIpc) is 2.17. The van der Waals surface area contributed by atoms with Crippen LogP contribution in [0.2, 0.25) is 0 Å². The Bertz CT molecular complexity index is 409. The van der Waals surface area contributed by atoms with Gasteiger partial charge in [-0.2, -0.15) is 0 Å². The van der Waals surface area contributed by atoms with Gasteiger partial charge in [-0.15, -0.1) is 0 Å². The SMILES string of the molecule is CCOC(=O)c1c(F)cnc(C(F)F)c1O. The lowest BCUT2D eigenvalue weighted by atomic mass is 10.2. The number of carbonyl (C=O) groups is 1. The van der Waals surface area contributed by atoms with Crippen LogP contribution in [0.4, 0.5) is 13.2 Å². The van der Waals surface area contributed by atoms with Crippen molar-refractivity contribution in [3.05, 3.63) is 23.3 Å². The number of pyridine rings is 1. The molecule has 1 aromatic rings. The second kappa shape index (κ2) is 4.82. The molecule has 0 spiro atoms. The van der Waals surface area contributed by atoms with Crippen LogP contribution in [0.3, 0.4) is 0 Å². The van der Waals surface area contributed by atoms with Crippen LogP contribution >= 0.6 is 0 Å². The number of aromatic nitrogens is 1. The van der Waals surface area contributed by atoms with Gasteiger partial charge in [0.2, 0.25) is 0 Å². The highest BCUT2D eigenvalue weighted by atomic mass is 19.3. The molecular weight excluding hydrogens is 227 g/mol. The zero-order chi connectivity index (χ0) is 12.3. The third kappa shape index (κ3) is 2.23. The quantitative estimate of drug-likeness (QED) is 0.814. The second-order valence-electron chi connectivity index (χ2n) is 2.74. The van der Waals surface area contributed by atoms with Gasteiger partial charge in [0.25, 0.3) is 6.43 Å². The summed E-state index contributed by atoms with van der Waals surface area (Å²) in [7, 11) is 0. The standard InChI is InChI=1S/C9H8F3NO3/c1-2-16-9(15)5-4(10)3-13-6(7(5)14)8(11)12/h3,8,14H,2H2,1H3. The number of hydrogen-bond donors (Lipinski definition) is 1. The summed E-state index contributed by atoms with van der Waals surface area (Å²) in [5.41, 5.74) is -1.98. The van der Waals surface area contributed by atoms with E-state index in [9.17, 15) is 23.1 Å². The Kier molecular flexibility index (Phi) is 3.70. The number of nitrogens with zero attached hydrogens (tertiary/aromatic N) is 1. The van der Waals surface area contributed by atoms with Crippen molar-refractivity contribution in [1.29, 1.82) is 0 Å². The van der Waals surface area contributed by atoms with Crippen molar-refractivity contribution in [3.63, 3.8) is 0 Å². The van der Waals surface area contributed by atoms with E-state index in [1.54, 1.807) is 0 Å². The summed E-state index contributed by atoms with van der Waals surface area (Å²) >= 11 is 0. The monoisotopic (exact) mass is 235 g/mol. The Hall–Kier alpha value is -1.79. The smallest absolute Gasteiger partial charge is 0.345 e. The van der Waals surface area contributed by atoms with Crippen molar-refractivity contribution < 1.29 is 27.8 Å². The van der Waals surface area contributed by atoms with E-state index in [1.807, 2.05) is 0 Å². The largest absolute Gasteiger partial charge is 0.505 e. The van der Waals surface area contributed by atoms with Gasteiger partial charge in [0.1, 0.15) is 11.3 Å². The first-order valence-corrected chi connectivity index (χ1v) is 4.31. The lowest BCUT2D eigenvalue weighted by Crippen LogP contribution is -2.10. The molecule has 4 nitrogen and oxygen atoms in total. The average molecular weight is 235 g/mol. The topological polar surface area (TPSA) is 59.4 Å². The van der Waals surface area contributed by atoms with Crippen LogP contribution in [0.5, 0.6) is 5.75 Å². The van der Waals surface area contributed by atoms with Crippen LogP contribution in [0, 0.1) is 5.82 Å². The Morgan fingerprint density at radius 1 is 1.62 bits per heavy atom. The van der Waals surface area contributed by atoms with E-state index in [0.29, 0.717) is 6.20 Å². The van der Waals surface area contributed by atoms with Gasteiger partial charge in [-0.25, -0.2) is 22.9 Å². The number of ether oxygens (including phenoxy) is 1. The van der Waals surface area contributed by atoms with Crippen molar-refractivity contribution >= 4 is 5.97 Å². The van der Waals surface area contributed by atoms with Crippen LogP contribution in [0.25, 0.3) is 0 Å². The highest BCUT2D eigenvalue weighted by molar-refractivity contribution is 5.92. The molecule has 0 radical (unpaired) electrons. The molecule has 0 saturated heterocycles. The van der Waals surface area contributed by atoms with Crippen LogP contribution in [-0.4, -0.2) is 22.7 Å². The number of carbonyl (C=O) groups excluding carboxylic acids is 1. The van der Waals surface area contributed by atoms with E-state index in [0.717, 1.165) is 0 Å². The van der Waals surface area contributed by atoms with Crippen LogP contribution < -0.4 is 0 Å². The number of esters is 1. The molecule has 0 atom stereocenters. The summed E-state index contributed by atoms with van der Waals surface area (Å²) in [4.78, 5) is 14.2. The maximum atomic E-state index is 13.1. The fraction of sp³-hybridized carbons (Fsp3) is 0.333. The maximum absolute atomic E-state index is 13.1. The number of aromatic hydroxyl groups is 1. The predicted molar refractivity (Wildman–Crippen MR) is 46.8 cm³/mol. The van der Waals surface area contributed by atoms with Crippen molar-refractivity contribution in [2.24, 2.45) is 0 Å². The fourth-order valence-electron chi connectivity index (χ4n) is 1.05. The minimum absolute atomic E-state index is 0.0654. The van der Waals surface area contributed by atoms with Gasteiger partial charge in [-0.05, 0) is 6.92 Å². The summed E-state index contributed by atoms with van der Waals surface area (Å²) in [6, 6.07) is 0. The number of alkyl halides is 2. The normalized spacial score (nSPS) is 10.6. The zero-order valence-corrected chi connectivity index (χ0v) is 8.21. The lowest BCUT2D eigenvalue weighted by molar-refractivity contribution is 0.0515. The molecule has 1 aromatic heterocycles. The molecule has 0 aliphatic heterocycles. The van der Waals surface area contributed by atoms with Crippen LogP contribution in [0.15, 0.2) is 6.20 Å². The van der Waals surface area contributed by atoms with Crippen LogP contribution in [0.1, 0.15) is 29.4 Å². The van der Waals surface area contributed by atoms with Gasteiger partial charge in [0.05, 0.1) is 12.8 Å². The third-order valence-electron chi connectivity index (χ3n) is 1.72. The molecule has 88 valence electrons. The van der Waals surface area contributed by atoms with Crippen molar-refractivity contribution in [3.8, 4) is 5.75 Å². The summed E-state index contributed by atoms with van der Waals surface area (Å²) in [5, 5.41) is 9.25. The Labute approximate surface area is 88.7 Å². The first kappa shape index (κ1) is 12.3. The molecule has 0 amide bonds. The first-order chi connectivity index (χ1) is 7.49. The van der Waals surface area contributed by atoms with E-state index in [-0.39, 0.29) is 6.61 Å². The molecule has 0 bridgehead atoms. The minimum atomic E-state index is -3.10. The molecule has 0 aliphatic carbocycles. The van der Waals surface area contributed by atoms with Crippen molar-refractivity contribution in [2.45, 2.75) is 13.3 Å².